The molecule has 1 N–H and O–H groups in total. The van der Waals surface area contributed by atoms with Crippen molar-refractivity contribution in [3.63, 3.8) is 0 Å². The molecule has 0 aliphatic carbocycles. The summed E-state index contributed by atoms with van der Waals surface area (Å²) in [5.74, 6) is 0.778. The molecule has 0 saturated carbocycles. The van der Waals surface area contributed by atoms with Crippen LogP contribution in [0.25, 0.3) is 33.0 Å². The minimum Gasteiger partial charge on any atom is -0.493 e. The second-order valence-corrected chi connectivity index (χ2v) is 18.3. The van der Waals surface area contributed by atoms with Crippen molar-refractivity contribution in [1.29, 1.82) is 0 Å². The standard InChI is InChI=1S/C28H37N7O4SSi/c1-18(2)23-24(22-14-29-27(40-22)19-7-9-33(10-8-19)28(36)37)32-35(17-39-11-12-41(4,5)6)25(23)20-13-21(38-3)26-30-16-31-34(26)15-20/h7,13-16,18H,8-12,17H2,1-6H3,(H,36,37). The number of nitrogens with zero attached hydrogens (tertiary/aromatic N) is 7. The Morgan fingerprint density at radius 1 is 1.24 bits per heavy atom. The summed E-state index contributed by atoms with van der Waals surface area (Å²) in [6.07, 6.45) is 7.04. The third kappa shape index (κ3) is 6.21. The van der Waals surface area contributed by atoms with Gasteiger partial charge in [-0.05, 0) is 30.0 Å². The minimum atomic E-state index is -1.25. The first-order valence-corrected chi connectivity index (χ1v) is 18.3. The van der Waals surface area contributed by atoms with Crippen LogP contribution >= 0.6 is 11.3 Å². The maximum absolute atomic E-state index is 11.3. The van der Waals surface area contributed by atoms with Crippen molar-refractivity contribution in [2.45, 2.75) is 58.6 Å². The Balaban J connectivity index is 1.57. The van der Waals surface area contributed by atoms with Gasteiger partial charge in [-0.2, -0.15) is 10.2 Å². The number of carbonyl (C=O) groups is 1. The van der Waals surface area contributed by atoms with Crippen molar-refractivity contribution in [3.8, 4) is 27.6 Å². The molecular formula is C28H37N7O4SSi. The van der Waals surface area contributed by atoms with Gasteiger partial charge in [-0.25, -0.2) is 24.0 Å². The van der Waals surface area contributed by atoms with E-state index >= 15 is 0 Å². The lowest BCUT2D eigenvalue weighted by Gasteiger charge is -2.22. The van der Waals surface area contributed by atoms with Gasteiger partial charge in [0.05, 0.1) is 17.7 Å². The molecule has 11 nitrogen and oxygen atoms in total. The largest absolute Gasteiger partial charge is 0.493 e. The van der Waals surface area contributed by atoms with Crippen LogP contribution in [0.2, 0.25) is 25.7 Å². The van der Waals surface area contributed by atoms with Crippen LogP contribution in [-0.4, -0.2) is 80.3 Å². The summed E-state index contributed by atoms with van der Waals surface area (Å²) in [5.41, 5.74) is 5.53. The van der Waals surface area contributed by atoms with Gasteiger partial charge in [-0.15, -0.1) is 11.3 Å². The molecule has 0 saturated heterocycles. The van der Waals surface area contributed by atoms with E-state index in [0.29, 0.717) is 44.2 Å². The average Bonchev–Trinajstić information content (AvgIpc) is 3.68. The Hall–Kier alpha value is -3.55. The molecule has 0 atom stereocenters. The topological polar surface area (TPSA) is 120 Å². The molecule has 4 aromatic heterocycles. The molecule has 0 fully saturated rings. The van der Waals surface area contributed by atoms with Gasteiger partial charge in [0, 0.05) is 51.3 Å². The number of pyridine rings is 1. The molecule has 218 valence electrons. The van der Waals surface area contributed by atoms with E-state index in [2.05, 4.69) is 43.6 Å². The molecular weight excluding hydrogens is 559 g/mol. The van der Waals surface area contributed by atoms with E-state index in [1.165, 1.54) is 11.2 Å². The van der Waals surface area contributed by atoms with Crippen molar-refractivity contribution in [2.75, 3.05) is 26.8 Å². The van der Waals surface area contributed by atoms with Crippen molar-refractivity contribution in [1.82, 2.24) is 34.3 Å². The van der Waals surface area contributed by atoms with Crippen molar-refractivity contribution >= 4 is 36.7 Å². The summed E-state index contributed by atoms with van der Waals surface area (Å²) < 4.78 is 15.5. The predicted molar refractivity (Wildman–Crippen MR) is 162 cm³/mol. The van der Waals surface area contributed by atoms with E-state index < -0.39 is 14.2 Å². The van der Waals surface area contributed by atoms with Crippen LogP contribution in [0.3, 0.4) is 0 Å². The number of amides is 1. The normalized spacial score (nSPS) is 14.2. The Bertz CT molecular complexity index is 1580. The molecule has 5 rings (SSSR count). The quantitative estimate of drug-likeness (QED) is 0.177. The number of methoxy groups -OCH3 is 1. The first-order valence-electron chi connectivity index (χ1n) is 13.8. The summed E-state index contributed by atoms with van der Waals surface area (Å²) in [5, 5.41) is 19.7. The van der Waals surface area contributed by atoms with Crippen LogP contribution in [-0.2, 0) is 11.5 Å². The number of aromatic nitrogens is 6. The van der Waals surface area contributed by atoms with Gasteiger partial charge in [-0.1, -0.05) is 39.6 Å². The summed E-state index contributed by atoms with van der Waals surface area (Å²) in [7, 11) is 0.387. The molecule has 0 unspecified atom stereocenters. The highest BCUT2D eigenvalue weighted by Crippen LogP contribution is 2.41. The van der Waals surface area contributed by atoms with Crippen molar-refractivity contribution in [2.24, 2.45) is 0 Å². The SMILES string of the molecule is COc1cc(-c2c(C(C)C)c(-c3cnc(C4=CCN(C(=O)O)CC4)s3)nn2COCC[Si](C)(C)C)cn2ncnc12. The Morgan fingerprint density at radius 3 is 2.71 bits per heavy atom. The molecule has 41 heavy (non-hydrogen) atoms. The highest BCUT2D eigenvalue weighted by atomic mass is 32.1. The smallest absolute Gasteiger partial charge is 0.407 e. The first kappa shape index (κ1) is 29.0. The molecule has 13 heteroatoms. The van der Waals surface area contributed by atoms with Crippen LogP contribution < -0.4 is 4.74 Å². The van der Waals surface area contributed by atoms with Crippen LogP contribution in [0.4, 0.5) is 4.79 Å². The van der Waals surface area contributed by atoms with Gasteiger partial charge in [0.1, 0.15) is 23.8 Å². The van der Waals surface area contributed by atoms with Gasteiger partial charge in [-0.3, -0.25) is 0 Å². The van der Waals surface area contributed by atoms with E-state index in [9.17, 15) is 9.90 Å². The summed E-state index contributed by atoms with van der Waals surface area (Å²) in [6.45, 7) is 13.2. The molecule has 1 aliphatic rings. The fraction of sp³-hybridized carbons (Fsp3) is 0.464. The summed E-state index contributed by atoms with van der Waals surface area (Å²) >= 11 is 1.59. The van der Waals surface area contributed by atoms with Crippen molar-refractivity contribution < 1.29 is 19.4 Å². The maximum atomic E-state index is 11.3. The first-order chi connectivity index (χ1) is 19.6. The van der Waals surface area contributed by atoms with Crippen LogP contribution in [0.1, 0.15) is 36.8 Å². The van der Waals surface area contributed by atoms with Crippen LogP contribution in [0, 0.1) is 0 Å². The van der Waals surface area contributed by atoms with Gasteiger partial charge in [0.15, 0.2) is 11.4 Å². The maximum Gasteiger partial charge on any atom is 0.407 e. The number of carboxylic acid groups (broad SMARTS) is 1. The molecule has 0 aromatic carbocycles. The Labute approximate surface area is 244 Å². The number of ether oxygens (including phenoxy) is 2. The van der Waals surface area contributed by atoms with E-state index in [1.54, 1.807) is 23.0 Å². The van der Waals surface area contributed by atoms with Crippen LogP contribution in [0.5, 0.6) is 5.75 Å². The Kier molecular flexibility index (Phi) is 8.29. The van der Waals surface area contributed by atoms with E-state index in [0.717, 1.165) is 44.0 Å². The molecule has 1 aliphatic heterocycles. The zero-order valence-corrected chi connectivity index (χ0v) is 26.2. The zero-order chi connectivity index (χ0) is 29.3. The third-order valence-electron chi connectivity index (χ3n) is 7.10. The van der Waals surface area contributed by atoms with Crippen molar-refractivity contribution in [3.05, 3.63) is 41.4 Å². The average molecular weight is 596 g/mol. The number of thiazole rings is 1. The second-order valence-electron chi connectivity index (χ2n) is 11.7. The van der Waals surface area contributed by atoms with E-state index in [1.807, 2.05) is 29.2 Å². The molecule has 1 amide bonds. The lowest BCUT2D eigenvalue weighted by atomic mass is 9.96. The minimum absolute atomic E-state index is 0.150. The van der Waals surface area contributed by atoms with Gasteiger partial charge >= 0.3 is 6.09 Å². The number of hydrogen-bond donors (Lipinski definition) is 1. The summed E-state index contributed by atoms with van der Waals surface area (Å²) in [4.78, 5) is 22.8. The lowest BCUT2D eigenvalue weighted by molar-refractivity contribution is 0.0799. The fourth-order valence-corrected chi connectivity index (χ4v) is 6.62. The molecule has 0 spiro atoms. The monoisotopic (exact) mass is 595 g/mol. The van der Waals surface area contributed by atoms with Gasteiger partial charge in [0.2, 0.25) is 0 Å². The molecule has 0 radical (unpaired) electrons. The number of rotatable bonds is 10. The number of hydrogen-bond acceptors (Lipinski definition) is 8. The molecule has 0 bridgehead atoms. The highest BCUT2D eigenvalue weighted by Gasteiger charge is 2.27. The molecule has 5 heterocycles. The highest BCUT2D eigenvalue weighted by molar-refractivity contribution is 7.16. The third-order valence-corrected chi connectivity index (χ3v) is 9.89. The van der Waals surface area contributed by atoms with Crippen LogP contribution in [0.15, 0.2) is 30.9 Å². The lowest BCUT2D eigenvalue weighted by Crippen LogP contribution is -2.33. The summed E-state index contributed by atoms with van der Waals surface area (Å²) in [6, 6.07) is 3.05. The van der Waals surface area contributed by atoms with E-state index in [-0.39, 0.29) is 5.92 Å². The Morgan fingerprint density at radius 2 is 2.05 bits per heavy atom. The number of fused-ring (bicyclic) bond motifs is 1. The second kappa shape index (κ2) is 11.7. The van der Waals surface area contributed by atoms with Gasteiger partial charge < -0.3 is 19.5 Å². The fourth-order valence-electron chi connectivity index (χ4n) is 4.88. The predicted octanol–water partition coefficient (Wildman–Crippen LogP) is 5.93. The molecule has 4 aromatic rings. The van der Waals surface area contributed by atoms with E-state index in [4.69, 9.17) is 19.6 Å². The van der Waals surface area contributed by atoms with Gasteiger partial charge in [0.25, 0.3) is 0 Å². The zero-order valence-electron chi connectivity index (χ0n) is 24.4.